The molecule has 0 bridgehead atoms. The molecule has 20 heavy (non-hydrogen) atoms. The average molecular weight is 273 g/mol. The van der Waals surface area contributed by atoms with Crippen LogP contribution in [0.2, 0.25) is 0 Å². The fraction of sp³-hybridized carbons (Fsp3) is 0.684. The van der Waals surface area contributed by atoms with Gasteiger partial charge in [0.2, 0.25) is 0 Å². The molecule has 1 aromatic carbocycles. The third-order valence-electron chi connectivity index (χ3n) is 4.31. The van der Waals surface area contributed by atoms with Gasteiger partial charge in [0, 0.05) is 6.04 Å². The molecule has 0 heterocycles. The van der Waals surface area contributed by atoms with E-state index in [4.69, 9.17) is 0 Å². The largest absolute Gasteiger partial charge is 0.314 e. The van der Waals surface area contributed by atoms with Crippen molar-refractivity contribution in [2.24, 2.45) is 5.41 Å². The van der Waals surface area contributed by atoms with Crippen LogP contribution < -0.4 is 5.32 Å². The standard InChI is InChI=1S/C19H31N/c1-18(2,3)16-8-6-15(7-9-16)14-19(4,5)12-13-20-17-10-11-17/h6-9,17,20H,10-14H2,1-5H3. The molecule has 0 amide bonds. The summed E-state index contributed by atoms with van der Waals surface area (Å²) < 4.78 is 0. The van der Waals surface area contributed by atoms with Gasteiger partial charge in [0.25, 0.3) is 0 Å². The van der Waals surface area contributed by atoms with Gasteiger partial charge in [0.1, 0.15) is 0 Å². The molecule has 0 saturated heterocycles. The molecule has 0 atom stereocenters. The van der Waals surface area contributed by atoms with Gasteiger partial charge in [-0.1, -0.05) is 58.9 Å². The maximum absolute atomic E-state index is 3.63. The van der Waals surface area contributed by atoms with E-state index in [9.17, 15) is 0 Å². The van der Waals surface area contributed by atoms with E-state index < -0.39 is 0 Å². The minimum atomic E-state index is 0.252. The van der Waals surface area contributed by atoms with Crippen molar-refractivity contribution in [2.75, 3.05) is 6.54 Å². The molecule has 1 aromatic rings. The third-order valence-corrected chi connectivity index (χ3v) is 4.31. The van der Waals surface area contributed by atoms with E-state index in [0.29, 0.717) is 5.41 Å². The summed E-state index contributed by atoms with van der Waals surface area (Å²) in [7, 11) is 0. The molecular formula is C19H31N. The van der Waals surface area contributed by atoms with Crippen LogP contribution in [-0.4, -0.2) is 12.6 Å². The fourth-order valence-corrected chi connectivity index (χ4v) is 2.67. The van der Waals surface area contributed by atoms with Crippen molar-refractivity contribution >= 4 is 0 Å². The third kappa shape index (κ3) is 4.94. The van der Waals surface area contributed by atoms with Crippen molar-refractivity contribution < 1.29 is 0 Å². The lowest BCUT2D eigenvalue weighted by atomic mass is 9.81. The average Bonchev–Trinajstić information content (AvgIpc) is 3.11. The zero-order valence-corrected chi connectivity index (χ0v) is 13.9. The van der Waals surface area contributed by atoms with Crippen molar-refractivity contribution in [1.29, 1.82) is 0 Å². The molecular weight excluding hydrogens is 242 g/mol. The Morgan fingerprint density at radius 2 is 1.60 bits per heavy atom. The second-order valence-electron chi connectivity index (χ2n) is 8.27. The lowest BCUT2D eigenvalue weighted by Crippen LogP contribution is -2.25. The molecule has 1 fully saturated rings. The van der Waals surface area contributed by atoms with Crippen LogP contribution in [0.15, 0.2) is 24.3 Å². The van der Waals surface area contributed by atoms with Crippen molar-refractivity contribution in [3.05, 3.63) is 35.4 Å². The normalized spacial score (nSPS) is 16.4. The molecule has 1 heteroatoms. The van der Waals surface area contributed by atoms with Crippen molar-refractivity contribution in [1.82, 2.24) is 5.32 Å². The number of rotatable bonds is 6. The summed E-state index contributed by atoms with van der Waals surface area (Å²) in [6.07, 6.45) is 5.19. The predicted molar refractivity (Wildman–Crippen MR) is 88.3 cm³/mol. The Bertz CT molecular complexity index is 418. The molecule has 0 aromatic heterocycles. The Balaban J connectivity index is 1.87. The van der Waals surface area contributed by atoms with Gasteiger partial charge in [-0.15, -0.1) is 0 Å². The van der Waals surface area contributed by atoms with Gasteiger partial charge >= 0.3 is 0 Å². The molecule has 2 rings (SSSR count). The van der Waals surface area contributed by atoms with Crippen LogP contribution >= 0.6 is 0 Å². The molecule has 1 aliphatic carbocycles. The summed E-state index contributed by atoms with van der Waals surface area (Å²) in [6, 6.07) is 10.1. The number of nitrogens with one attached hydrogen (secondary N) is 1. The first-order chi connectivity index (χ1) is 9.26. The summed E-state index contributed by atoms with van der Waals surface area (Å²) >= 11 is 0. The van der Waals surface area contributed by atoms with Crippen LogP contribution in [0, 0.1) is 5.41 Å². The molecule has 0 radical (unpaired) electrons. The minimum absolute atomic E-state index is 0.252. The Morgan fingerprint density at radius 1 is 1.00 bits per heavy atom. The first kappa shape index (κ1) is 15.6. The SMILES string of the molecule is CC(C)(CCNC1CC1)Cc1ccc(C(C)(C)C)cc1. The van der Waals surface area contributed by atoms with E-state index in [1.807, 2.05) is 0 Å². The molecule has 112 valence electrons. The van der Waals surface area contributed by atoms with Gasteiger partial charge in [-0.05, 0) is 54.2 Å². The van der Waals surface area contributed by atoms with Crippen LogP contribution in [0.4, 0.5) is 0 Å². The smallest absolute Gasteiger partial charge is 0.00682 e. The van der Waals surface area contributed by atoms with Crippen molar-refractivity contribution in [2.45, 2.75) is 71.8 Å². The molecule has 1 saturated carbocycles. The van der Waals surface area contributed by atoms with E-state index in [1.54, 1.807) is 0 Å². The van der Waals surface area contributed by atoms with Gasteiger partial charge in [0.15, 0.2) is 0 Å². The highest BCUT2D eigenvalue weighted by molar-refractivity contribution is 5.28. The summed E-state index contributed by atoms with van der Waals surface area (Å²) in [6.45, 7) is 12.8. The lowest BCUT2D eigenvalue weighted by Gasteiger charge is -2.26. The van der Waals surface area contributed by atoms with Gasteiger partial charge in [-0.2, -0.15) is 0 Å². The second-order valence-corrected chi connectivity index (χ2v) is 8.27. The first-order valence-corrected chi connectivity index (χ1v) is 8.09. The van der Waals surface area contributed by atoms with E-state index >= 15 is 0 Å². The van der Waals surface area contributed by atoms with Gasteiger partial charge in [-0.25, -0.2) is 0 Å². The predicted octanol–water partition coefficient (Wildman–Crippen LogP) is 4.69. The summed E-state index contributed by atoms with van der Waals surface area (Å²) in [5, 5.41) is 3.63. The highest BCUT2D eigenvalue weighted by Gasteiger charge is 2.23. The van der Waals surface area contributed by atoms with Crippen LogP contribution in [-0.2, 0) is 11.8 Å². The number of hydrogen-bond acceptors (Lipinski definition) is 1. The number of hydrogen-bond donors (Lipinski definition) is 1. The van der Waals surface area contributed by atoms with E-state index in [0.717, 1.165) is 12.6 Å². The molecule has 1 nitrogen and oxygen atoms in total. The maximum atomic E-state index is 3.63. The van der Waals surface area contributed by atoms with Crippen molar-refractivity contribution in [3.8, 4) is 0 Å². The van der Waals surface area contributed by atoms with Gasteiger partial charge in [-0.3, -0.25) is 0 Å². The highest BCUT2D eigenvalue weighted by Crippen LogP contribution is 2.28. The molecule has 0 spiro atoms. The van der Waals surface area contributed by atoms with E-state index in [1.165, 1.54) is 36.8 Å². The molecule has 1 aliphatic rings. The quantitative estimate of drug-likeness (QED) is 0.792. The fourth-order valence-electron chi connectivity index (χ4n) is 2.67. The van der Waals surface area contributed by atoms with Crippen LogP contribution in [0.25, 0.3) is 0 Å². The minimum Gasteiger partial charge on any atom is -0.314 e. The van der Waals surface area contributed by atoms with Crippen molar-refractivity contribution in [3.63, 3.8) is 0 Å². The first-order valence-electron chi connectivity index (χ1n) is 8.09. The van der Waals surface area contributed by atoms with Gasteiger partial charge < -0.3 is 5.32 Å². The Morgan fingerprint density at radius 3 is 2.10 bits per heavy atom. The lowest BCUT2D eigenvalue weighted by molar-refractivity contribution is 0.325. The van der Waals surface area contributed by atoms with Crippen LogP contribution in [0.3, 0.4) is 0 Å². The van der Waals surface area contributed by atoms with Crippen LogP contribution in [0.1, 0.15) is 65.0 Å². The van der Waals surface area contributed by atoms with Crippen LogP contribution in [0.5, 0.6) is 0 Å². The zero-order chi connectivity index (χ0) is 14.8. The summed E-state index contributed by atoms with van der Waals surface area (Å²) in [5.74, 6) is 0. The second kappa shape index (κ2) is 5.89. The van der Waals surface area contributed by atoms with E-state index in [2.05, 4.69) is 64.2 Å². The Hall–Kier alpha value is -0.820. The molecule has 1 N–H and O–H groups in total. The van der Waals surface area contributed by atoms with E-state index in [-0.39, 0.29) is 5.41 Å². The summed E-state index contributed by atoms with van der Waals surface area (Å²) in [5.41, 5.74) is 3.52. The number of benzene rings is 1. The topological polar surface area (TPSA) is 12.0 Å². The molecule has 0 aliphatic heterocycles. The maximum Gasteiger partial charge on any atom is 0.00682 e. The monoisotopic (exact) mass is 273 g/mol. The Kier molecular flexibility index (Phi) is 4.59. The summed E-state index contributed by atoms with van der Waals surface area (Å²) in [4.78, 5) is 0. The van der Waals surface area contributed by atoms with Gasteiger partial charge in [0.05, 0.1) is 0 Å². The highest BCUT2D eigenvalue weighted by atomic mass is 14.9. The molecule has 0 unspecified atom stereocenters. The zero-order valence-electron chi connectivity index (χ0n) is 13.9. The Labute approximate surface area is 125 Å².